The number of benzene rings is 2. The Balaban J connectivity index is 1.51. The molecule has 4 N–H and O–H groups in total. The maximum Gasteiger partial charge on any atom is 0.335 e. The molecule has 3 aromatic rings. The Hall–Kier alpha value is -4.18. The van der Waals surface area contributed by atoms with E-state index in [9.17, 15) is 14.4 Å². The molecular weight excluding hydrogens is 460 g/mol. The number of nitrogens with zero attached hydrogens (tertiary/aromatic N) is 3. The molecule has 0 saturated carbocycles. The molecule has 0 radical (unpaired) electrons. The van der Waals surface area contributed by atoms with Gasteiger partial charge in [0.15, 0.2) is 5.82 Å². The summed E-state index contributed by atoms with van der Waals surface area (Å²) < 4.78 is 0. The number of carboxylic acid groups (broad SMARTS) is 1. The molecule has 2 aromatic carbocycles. The van der Waals surface area contributed by atoms with E-state index >= 15 is 0 Å². The van der Waals surface area contributed by atoms with Crippen LogP contribution in [0.25, 0.3) is 0 Å². The lowest BCUT2D eigenvalue weighted by Gasteiger charge is -2.34. The van der Waals surface area contributed by atoms with E-state index in [0.717, 1.165) is 16.8 Å². The van der Waals surface area contributed by atoms with Crippen LogP contribution in [0.4, 0.5) is 10.6 Å². The van der Waals surface area contributed by atoms with Crippen LogP contribution in [0.15, 0.2) is 54.6 Å². The number of aromatic amines is 1. The van der Waals surface area contributed by atoms with E-state index in [1.165, 1.54) is 24.3 Å². The van der Waals surface area contributed by atoms with Gasteiger partial charge >= 0.3 is 12.0 Å². The highest BCUT2D eigenvalue weighted by molar-refractivity contribution is 6.04. The molecule has 1 unspecified atom stereocenters. The van der Waals surface area contributed by atoms with Crippen molar-refractivity contribution >= 4 is 23.7 Å². The SMILES string of the molecule is CN(C)CC(NC(=O)N1Cc2c(NC(=O)c3ccc(C(=O)O)cc3)n[nH]c2C1(C)C)c1ccccc1. The number of amides is 3. The number of aromatic carboxylic acids is 1. The second kappa shape index (κ2) is 9.82. The van der Waals surface area contributed by atoms with Gasteiger partial charge in [-0.05, 0) is 57.8 Å². The zero-order valence-electron chi connectivity index (χ0n) is 20.7. The van der Waals surface area contributed by atoms with Gasteiger partial charge in [0.05, 0.1) is 29.4 Å². The van der Waals surface area contributed by atoms with E-state index in [4.69, 9.17) is 5.11 Å². The van der Waals surface area contributed by atoms with Crippen molar-refractivity contribution < 1.29 is 19.5 Å². The van der Waals surface area contributed by atoms with Crippen molar-refractivity contribution in [2.75, 3.05) is 26.0 Å². The molecule has 0 saturated heterocycles. The maximum atomic E-state index is 13.5. The Bertz CT molecular complexity index is 1270. The molecule has 1 aliphatic rings. The Morgan fingerprint density at radius 1 is 1.08 bits per heavy atom. The number of carboxylic acids is 1. The van der Waals surface area contributed by atoms with Crippen molar-refractivity contribution in [3.63, 3.8) is 0 Å². The highest BCUT2D eigenvalue weighted by atomic mass is 16.4. The van der Waals surface area contributed by atoms with Crippen LogP contribution in [0.5, 0.6) is 0 Å². The Morgan fingerprint density at radius 3 is 2.33 bits per heavy atom. The monoisotopic (exact) mass is 490 g/mol. The lowest BCUT2D eigenvalue weighted by molar-refractivity contribution is 0.0696. The number of hydrogen-bond acceptors (Lipinski definition) is 5. The van der Waals surface area contributed by atoms with E-state index in [1.54, 1.807) is 4.90 Å². The number of urea groups is 1. The van der Waals surface area contributed by atoms with Gasteiger partial charge in [0.1, 0.15) is 0 Å². The zero-order valence-corrected chi connectivity index (χ0v) is 20.7. The Kier molecular flexibility index (Phi) is 6.80. The number of carbonyl (C=O) groups excluding carboxylic acids is 2. The summed E-state index contributed by atoms with van der Waals surface area (Å²) in [6.45, 7) is 4.76. The van der Waals surface area contributed by atoms with Crippen LogP contribution in [0.3, 0.4) is 0 Å². The van der Waals surface area contributed by atoms with Crippen LogP contribution in [-0.2, 0) is 12.1 Å². The molecule has 2 heterocycles. The molecule has 0 fully saturated rings. The molecule has 4 rings (SSSR count). The van der Waals surface area contributed by atoms with Crippen LogP contribution in [0, 0.1) is 0 Å². The second-order valence-electron chi connectivity index (χ2n) is 9.58. The molecule has 0 bridgehead atoms. The van der Waals surface area contributed by atoms with Crippen LogP contribution >= 0.6 is 0 Å². The molecule has 1 atom stereocenters. The van der Waals surface area contributed by atoms with Gasteiger partial charge in [-0.3, -0.25) is 9.89 Å². The summed E-state index contributed by atoms with van der Waals surface area (Å²) in [4.78, 5) is 41.0. The molecule has 10 nitrogen and oxygen atoms in total. The second-order valence-corrected chi connectivity index (χ2v) is 9.58. The van der Waals surface area contributed by atoms with Crippen LogP contribution in [-0.4, -0.2) is 63.7 Å². The number of aromatic nitrogens is 2. The lowest BCUT2D eigenvalue weighted by Crippen LogP contribution is -2.48. The fourth-order valence-corrected chi connectivity index (χ4v) is 4.40. The number of rotatable bonds is 7. The first kappa shape index (κ1) is 24.9. The summed E-state index contributed by atoms with van der Waals surface area (Å²) in [7, 11) is 3.92. The third-order valence-corrected chi connectivity index (χ3v) is 6.39. The molecule has 3 amide bonds. The summed E-state index contributed by atoms with van der Waals surface area (Å²) in [6, 6.07) is 15.0. The van der Waals surface area contributed by atoms with Crippen LogP contribution < -0.4 is 10.6 Å². The largest absolute Gasteiger partial charge is 0.478 e. The average molecular weight is 491 g/mol. The smallest absolute Gasteiger partial charge is 0.335 e. The number of anilines is 1. The van der Waals surface area contributed by atoms with E-state index in [0.29, 0.717) is 17.9 Å². The first-order chi connectivity index (χ1) is 17.1. The van der Waals surface area contributed by atoms with Crippen molar-refractivity contribution in [2.24, 2.45) is 0 Å². The molecule has 0 aliphatic carbocycles. The van der Waals surface area contributed by atoms with Gasteiger partial charge in [0, 0.05) is 17.7 Å². The quantitative estimate of drug-likeness (QED) is 0.401. The first-order valence-corrected chi connectivity index (χ1v) is 11.6. The normalized spacial score (nSPS) is 14.9. The van der Waals surface area contributed by atoms with E-state index in [-0.39, 0.29) is 24.2 Å². The fourth-order valence-electron chi connectivity index (χ4n) is 4.40. The number of H-pyrrole nitrogens is 1. The minimum Gasteiger partial charge on any atom is -0.478 e. The van der Waals surface area contributed by atoms with Crippen molar-refractivity contribution in [1.82, 2.24) is 25.3 Å². The van der Waals surface area contributed by atoms with Gasteiger partial charge < -0.3 is 25.5 Å². The minimum absolute atomic E-state index is 0.0960. The van der Waals surface area contributed by atoms with Crippen molar-refractivity contribution in [1.29, 1.82) is 0 Å². The highest BCUT2D eigenvalue weighted by Crippen LogP contribution is 2.40. The molecule has 188 valence electrons. The predicted octanol–water partition coefficient (Wildman–Crippen LogP) is 3.42. The van der Waals surface area contributed by atoms with Crippen LogP contribution in [0.1, 0.15) is 57.4 Å². The molecule has 0 spiro atoms. The zero-order chi connectivity index (χ0) is 26.0. The van der Waals surface area contributed by atoms with Crippen molar-refractivity contribution in [3.05, 3.63) is 82.5 Å². The van der Waals surface area contributed by atoms with Gasteiger partial charge in [-0.15, -0.1) is 0 Å². The maximum absolute atomic E-state index is 13.5. The summed E-state index contributed by atoms with van der Waals surface area (Å²) in [5, 5.41) is 22.3. The standard InChI is InChI=1S/C26H30N6O4/c1-26(2)21-19(22(30-29-21)28-23(33)17-10-12-18(13-11-17)24(34)35)14-32(26)25(36)27-20(15-31(3)4)16-8-6-5-7-9-16/h5-13,20H,14-15H2,1-4H3,(H,27,36)(H,34,35)(H2,28,29,30,33). The third-order valence-electron chi connectivity index (χ3n) is 6.39. The van der Waals surface area contributed by atoms with Gasteiger partial charge in [-0.25, -0.2) is 9.59 Å². The van der Waals surface area contributed by atoms with Gasteiger partial charge in [0.2, 0.25) is 0 Å². The fraction of sp³-hybridized carbons (Fsp3) is 0.308. The number of likely N-dealkylation sites (N-methyl/N-ethyl adjacent to an activating group) is 1. The highest BCUT2D eigenvalue weighted by Gasteiger charge is 2.44. The minimum atomic E-state index is -1.06. The molecule has 10 heteroatoms. The summed E-state index contributed by atoms with van der Waals surface area (Å²) in [5.74, 6) is -1.14. The average Bonchev–Trinajstić information content (AvgIpc) is 3.36. The first-order valence-electron chi connectivity index (χ1n) is 11.6. The van der Waals surface area contributed by atoms with Crippen molar-refractivity contribution in [3.8, 4) is 0 Å². The van der Waals surface area contributed by atoms with E-state index in [2.05, 4.69) is 20.8 Å². The molecular formula is C26H30N6O4. The summed E-state index contributed by atoms with van der Waals surface area (Å²) in [5.41, 5.74) is 2.21. The van der Waals surface area contributed by atoms with E-state index < -0.39 is 17.4 Å². The number of hydrogen-bond donors (Lipinski definition) is 4. The van der Waals surface area contributed by atoms with Gasteiger partial charge in [-0.1, -0.05) is 30.3 Å². The predicted molar refractivity (Wildman–Crippen MR) is 135 cm³/mol. The molecule has 1 aliphatic heterocycles. The van der Waals surface area contributed by atoms with Crippen molar-refractivity contribution in [2.45, 2.75) is 32.0 Å². The number of nitrogens with one attached hydrogen (secondary N) is 3. The molecule has 36 heavy (non-hydrogen) atoms. The lowest BCUT2D eigenvalue weighted by atomic mass is 10.0. The summed E-state index contributed by atoms with van der Waals surface area (Å²) in [6.07, 6.45) is 0. The van der Waals surface area contributed by atoms with E-state index in [1.807, 2.05) is 63.2 Å². The number of carbonyl (C=O) groups is 3. The third kappa shape index (κ3) is 4.94. The van der Waals surface area contributed by atoms with Crippen LogP contribution in [0.2, 0.25) is 0 Å². The Morgan fingerprint density at radius 2 is 1.72 bits per heavy atom. The molecule has 1 aromatic heterocycles. The van der Waals surface area contributed by atoms with Gasteiger partial charge in [-0.2, -0.15) is 5.10 Å². The number of fused-ring (bicyclic) bond motifs is 1. The summed E-state index contributed by atoms with van der Waals surface area (Å²) >= 11 is 0. The topological polar surface area (TPSA) is 131 Å². The Labute approximate surface area is 209 Å². The van der Waals surface area contributed by atoms with Gasteiger partial charge in [0.25, 0.3) is 5.91 Å².